The summed E-state index contributed by atoms with van der Waals surface area (Å²) in [6, 6.07) is 19.8. The number of hydrogen-bond acceptors (Lipinski definition) is 5. The van der Waals surface area contributed by atoms with Crippen LogP contribution < -0.4 is 15.0 Å². The number of ether oxygens (including phenoxy) is 1. The van der Waals surface area contributed by atoms with E-state index in [-0.39, 0.29) is 18.4 Å². The van der Waals surface area contributed by atoms with Crippen LogP contribution in [0.5, 0.6) is 5.75 Å². The molecule has 0 bridgehead atoms. The monoisotopic (exact) mass is 556 g/mol. The van der Waals surface area contributed by atoms with Crippen molar-refractivity contribution in [2.24, 2.45) is 0 Å². The van der Waals surface area contributed by atoms with Gasteiger partial charge in [0, 0.05) is 5.69 Å². The molecule has 5 nitrogen and oxygen atoms in total. The first-order valence-corrected chi connectivity index (χ1v) is 13.1. The Morgan fingerprint density at radius 3 is 2.50 bits per heavy atom. The van der Waals surface area contributed by atoms with E-state index in [1.807, 2.05) is 36.4 Å². The van der Waals surface area contributed by atoms with Gasteiger partial charge >= 0.3 is 0 Å². The normalized spacial score (nSPS) is 14.6. The van der Waals surface area contributed by atoms with E-state index in [0.29, 0.717) is 36.6 Å². The smallest absolute Gasteiger partial charge is 0.270 e. The lowest BCUT2D eigenvalue weighted by molar-refractivity contribution is -0.118. The summed E-state index contributed by atoms with van der Waals surface area (Å²) in [5, 5.41) is 3.66. The van der Waals surface area contributed by atoms with Crippen LogP contribution in [0, 0.1) is 0 Å². The number of thioether (sulfide) groups is 1. The maximum atomic E-state index is 13.0. The first-order chi connectivity index (χ1) is 17.2. The van der Waals surface area contributed by atoms with Gasteiger partial charge in [0.25, 0.3) is 11.8 Å². The molecule has 0 spiro atoms. The molecule has 0 aliphatic carbocycles. The van der Waals surface area contributed by atoms with E-state index >= 15 is 0 Å². The lowest BCUT2D eigenvalue weighted by atomic mass is 10.0. The van der Waals surface area contributed by atoms with Crippen molar-refractivity contribution >= 4 is 80.8 Å². The lowest BCUT2D eigenvalue weighted by Crippen LogP contribution is -2.27. The van der Waals surface area contributed by atoms with E-state index in [1.165, 1.54) is 16.7 Å². The van der Waals surface area contributed by atoms with Gasteiger partial charge in [-0.3, -0.25) is 14.5 Å². The molecule has 1 aliphatic rings. The zero-order valence-electron chi connectivity index (χ0n) is 19.5. The number of hydrogen-bond donors (Lipinski definition) is 1. The summed E-state index contributed by atoms with van der Waals surface area (Å²) in [6.45, 7) is 4.04. The second kappa shape index (κ2) is 11.5. The Morgan fingerprint density at radius 2 is 1.81 bits per heavy atom. The number of thiocarbonyl (C=S) groups is 1. The van der Waals surface area contributed by atoms with Gasteiger partial charge in [-0.15, -0.1) is 0 Å². The van der Waals surface area contributed by atoms with Crippen molar-refractivity contribution in [2.75, 3.05) is 16.8 Å². The molecular formula is C27H22Cl2N2O3S2. The summed E-state index contributed by atoms with van der Waals surface area (Å²) in [6.07, 6.45) is 1.76. The molecule has 0 unspecified atom stereocenters. The predicted molar refractivity (Wildman–Crippen MR) is 153 cm³/mol. The summed E-state index contributed by atoms with van der Waals surface area (Å²) in [5.74, 6) is 0.363. The average molecular weight is 558 g/mol. The highest BCUT2D eigenvalue weighted by Crippen LogP contribution is 2.38. The van der Waals surface area contributed by atoms with Crippen molar-refractivity contribution in [1.82, 2.24) is 0 Å². The maximum absolute atomic E-state index is 13.0. The zero-order chi connectivity index (χ0) is 25.8. The first kappa shape index (κ1) is 26.2. The SMILES string of the molecule is CC(C)c1ccccc1NC(=O)COc1ccc(/C=C2\SC(=S)N(c3ccc(Cl)c(Cl)c3)C2=O)cc1. The number of carbonyl (C=O) groups excluding carboxylic acids is 2. The molecule has 1 fully saturated rings. The molecule has 1 aliphatic heterocycles. The van der Waals surface area contributed by atoms with Gasteiger partial charge in [0.2, 0.25) is 0 Å². The van der Waals surface area contributed by atoms with E-state index in [0.717, 1.165) is 16.8 Å². The van der Waals surface area contributed by atoms with Gasteiger partial charge in [0.05, 0.1) is 20.6 Å². The summed E-state index contributed by atoms with van der Waals surface area (Å²) in [4.78, 5) is 27.3. The third-order valence-corrected chi connectivity index (χ3v) is 7.40. The largest absolute Gasteiger partial charge is 0.484 e. The minimum Gasteiger partial charge on any atom is -0.484 e. The number of anilines is 2. The molecular weight excluding hydrogens is 535 g/mol. The Hall–Kier alpha value is -2.84. The number of carbonyl (C=O) groups is 2. The molecule has 4 rings (SSSR count). The van der Waals surface area contributed by atoms with Gasteiger partial charge in [-0.05, 0) is 59.5 Å². The Balaban J connectivity index is 1.38. The van der Waals surface area contributed by atoms with Crippen molar-refractivity contribution < 1.29 is 14.3 Å². The topological polar surface area (TPSA) is 58.6 Å². The van der Waals surface area contributed by atoms with Gasteiger partial charge in [-0.2, -0.15) is 0 Å². The Kier molecular flexibility index (Phi) is 8.36. The van der Waals surface area contributed by atoms with Crippen LogP contribution in [0.1, 0.15) is 30.9 Å². The fraction of sp³-hybridized carbons (Fsp3) is 0.148. The van der Waals surface area contributed by atoms with Crippen molar-refractivity contribution in [3.63, 3.8) is 0 Å². The Bertz CT molecular complexity index is 1360. The molecule has 2 amide bonds. The third-order valence-electron chi connectivity index (χ3n) is 5.36. The van der Waals surface area contributed by atoms with Crippen molar-refractivity contribution in [3.05, 3.63) is 92.8 Å². The number of nitrogens with one attached hydrogen (secondary N) is 1. The highest BCUT2D eigenvalue weighted by molar-refractivity contribution is 8.27. The van der Waals surface area contributed by atoms with Gasteiger partial charge in [-0.1, -0.05) is 91.4 Å². The van der Waals surface area contributed by atoms with Crippen molar-refractivity contribution in [3.8, 4) is 5.75 Å². The molecule has 0 atom stereocenters. The molecule has 0 saturated carbocycles. The number of halogens is 2. The van der Waals surface area contributed by atoms with Crippen LogP contribution in [0.2, 0.25) is 10.0 Å². The van der Waals surface area contributed by atoms with E-state index < -0.39 is 0 Å². The Morgan fingerprint density at radius 1 is 1.08 bits per heavy atom. The minimum absolute atomic E-state index is 0.117. The van der Waals surface area contributed by atoms with Crippen LogP contribution in [-0.2, 0) is 9.59 Å². The first-order valence-electron chi connectivity index (χ1n) is 11.1. The summed E-state index contributed by atoms with van der Waals surface area (Å²) in [7, 11) is 0. The molecule has 1 heterocycles. The van der Waals surface area contributed by atoms with Gasteiger partial charge < -0.3 is 10.1 Å². The van der Waals surface area contributed by atoms with Crippen LogP contribution in [-0.4, -0.2) is 22.7 Å². The number of para-hydroxylation sites is 1. The van der Waals surface area contributed by atoms with Crippen LogP contribution >= 0.6 is 47.2 Å². The number of rotatable bonds is 7. The fourth-order valence-corrected chi connectivity index (χ4v) is 5.17. The van der Waals surface area contributed by atoms with E-state index in [9.17, 15) is 9.59 Å². The summed E-state index contributed by atoms with van der Waals surface area (Å²) >= 11 is 18.7. The Labute approximate surface area is 229 Å². The second-order valence-corrected chi connectivity index (χ2v) is 10.8. The lowest BCUT2D eigenvalue weighted by Gasteiger charge is -2.15. The molecule has 36 heavy (non-hydrogen) atoms. The number of nitrogens with zero attached hydrogens (tertiary/aromatic N) is 1. The predicted octanol–water partition coefficient (Wildman–Crippen LogP) is 7.54. The fourth-order valence-electron chi connectivity index (χ4n) is 3.58. The summed E-state index contributed by atoms with van der Waals surface area (Å²) < 4.78 is 6.05. The second-order valence-electron chi connectivity index (χ2n) is 8.26. The maximum Gasteiger partial charge on any atom is 0.270 e. The molecule has 1 saturated heterocycles. The van der Waals surface area contributed by atoms with Gasteiger partial charge in [-0.25, -0.2) is 0 Å². The highest BCUT2D eigenvalue weighted by Gasteiger charge is 2.33. The van der Waals surface area contributed by atoms with E-state index in [2.05, 4.69) is 19.2 Å². The summed E-state index contributed by atoms with van der Waals surface area (Å²) in [5.41, 5.74) is 3.22. The zero-order valence-corrected chi connectivity index (χ0v) is 22.6. The number of benzene rings is 3. The van der Waals surface area contributed by atoms with Crippen LogP contribution in [0.25, 0.3) is 6.08 Å². The quantitative estimate of drug-likeness (QED) is 0.240. The molecule has 0 radical (unpaired) electrons. The standard InChI is InChI=1S/C27H22Cl2N2O3S2/c1-16(2)20-5-3-4-6-23(20)30-25(32)15-34-19-10-7-17(8-11-19)13-24-26(33)31(27(35)36-24)18-9-12-21(28)22(29)14-18/h3-14,16H,15H2,1-2H3,(H,30,32)/b24-13-. The molecule has 1 N–H and O–H groups in total. The van der Waals surface area contributed by atoms with Crippen molar-refractivity contribution in [2.45, 2.75) is 19.8 Å². The van der Waals surface area contributed by atoms with Crippen molar-refractivity contribution in [1.29, 1.82) is 0 Å². The highest BCUT2D eigenvalue weighted by atomic mass is 35.5. The van der Waals surface area contributed by atoms with Gasteiger partial charge in [0.1, 0.15) is 5.75 Å². The van der Waals surface area contributed by atoms with Crippen LogP contribution in [0.15, 0.2) is 71.6 Å². The van der Waals surface area contributed by atoms with Crippen LogP contribution in [0.3, 0.4) is 0 Å². The van der Waals surface area contributed by atoms with Gasteiger partial charge in [0.15, 0.2) is 10.9 Å². The molecule has 0 aromatic heterocycles. The van der Waals surface area contributed by atoms with Crippen LogP contribution in [0.4, 0.5) is 11.4 Å². The van der Waals surface area contributed by atoms with E-state index in [1.54, 1.807) is 36.4 Å². The van der Waals surface area contributed by atoms with E-state index in [4.69, 9.17) is 40.2 Å². The molecule has 9 heteroatoms. The molecule has 184 valence electrons. The number of amides is 2. The average Bonchev–Trinajstić information content (AvgIpc) is 3.13. The molecule has 3 aromatic rings. The third kappa shape index (κ3) is 6.10. The minimum atomic E-state index is -0.238. The molecule has 3 aromatic carbocycles.